The van der Waals surface area contributed by atoms with E-state index in [0.717, 1.165) is 0 Å². The van der Waals surface area contributed by atoms with Gasteiger partial charge in [-0.2, -0.15) is 9.97 Å². The van der Waals surface area contributed by atoms with Crippen molar-refractivity contribution >= 4 is 11.2 Å². The number of rotatable bonds is 3. The van der Waals surface area contributed by atoms with Gasteiger partial charge in [0.25, 0.3) is 0 Å². The lowest BCUT2D eigenvalue weighted by Crippen LogP contribution is -2.02. The van der Waals surface area contributed by atoms with Crippen LogP contribution in [-0.4, -0.2) is 38.9 Å². The summed E-state index contributed by atoms with van der Waals surface area (Å²) in [6, 6.07) is 0.193. The first-order valence-electron chi connectivity index (χ1n) is 4.37. The molecule has 7 heteroatoms. The molecule has 0 aliphatic rings. The SMILES string of the molecule is CCOc1nnc2ncnc(OC)c2n1. The Hall–Kier alpha value is -2.05. The third-order valence-electron chi connectivity index (χ3n) is 1.67. The van der Waals surface area contributed by atoms with Crippen LogP contribution < -0.4 is 9.47 Å². The van der Waals surface area contributed by atoms with Gasteiger partial charge in [-0.05, 0) is 6.92 Å². The molecule has 78 valence electrons. The molecule has 7 nitrogen and oxygen atoms in total. The number of methoxy groups -OCH3 is 1. The van der Waals surface area contributed by atoms with Crippen LogP contribution in [0.2, 0.25) is 0 Å². The molecule has 0 aliphatic heterocycles. The predicted octanol–water partition coefficient (Wildman–Crippen LogP) is 0.222. The molecule has 0 saturated heterocycles. The maximum absolute atomic E-state index is 5.12. The number of hydrogen-bond donors (Lipinski definition) is 0. The molecule has 0 spiro atoms. The molecule has 2 rings (SSSR count). The van der Waals surface area contributed by atoms with Crippen LogP contribution in [0.15, 0.2) is 6.33 Å². The summed E-state index contributed by atoms with van der Waals surface area (Å²) >= 11 is 0. The van der Waals surface area contributed by atoms with Crippen molar-refractivity contribution in [1.82, 2.24) is 25.1 Å². The normalized spacial score (nSPS) is 10.3. The molecule has 0 aliphatic carbocycles. The number of ether oxygens (including phenoxy) is 2. The Labute approximate surface area is 85.5 Å². The standard InChI is InChI=1S/C8H9N5O2/c1-3-15-8-11-5-6(12-13-8)9-4-10-7(5)14-2/h4H,3H2,1-2H3. The largest absolute Gasteiger partial charge is 0.479 e. The molecule has 0 amide bonds. The monoisotopic (exact) mass is 207 g/mol. The average Bonchev–Trinajstić information content (AvgIpc) is 2.28. The quantitative estimate of drug-likeness (QED) is 0.711. The smallest absolute Gasteiger partial charge is 0.336 e. The Morgan fingerprint density at radius 1 is 1.27 bits per heavy atom. The van der Waals surface area contributed by atoms with Gasteiger partial charge in [0.2, 0.25) is 11.5 Å². The topological polar surface area (TPSA) is 82.9 Å². The van der Waals surface area contributed by atoms with Crippen molar-refractivity contribution in [1.29, 1.82) is 0 Å². The maximum Gasteiger partial charge on any atom is 0.336 e. The lowest BCUT2D eigenvalue weighted by molar-refractivity contribution is 0.309. The van der Waals surface area contributed by atoms with Crippen molar-refractivity contribution in [3.63, 3.8) is 0 Å². The Morgan fingerprint density at radius 2 is 2.13 bits per heavy atom. The lowest BCUT2D eigenvalue weighted by Gasteiger charge is -2.03. The van der Waals surface area contributed by atoms with Gasteiger partial charge in [-0.1, -0.05) is 5.10 Å². The minimum Gasteiger partial charge on any atom is -0.479 e. The molecule has 15 heavy (non-hydrogen) atoms. The van der Waals surface area contributed by atoms with Crippen LogP contribution in [0.25, 0.3) is 11.2 Å². The molecular formula is C8H9N5O2. The molecule has 0 atom stereocenters. The second-order valence-corrected chi connectivity index (χ2v) is 2.58. The highest BCUT2D eigenvalue weighted by Crippen LogP contribution is 2.17. The van der Waals surface area contributed by atoms with Crippen molar-refractivity contribution in [2.75, 3.05) is 13.7 Å². The van der Waals surface area contributed by atoms with Gasteiger partial charge in [0.05, 0.1) is 13.7 Å². The van der Waals surface area contributed by atoms with Gasteiger partial charge in [-0.15, -0.1) is 5.10 Å². The third-order valence-corrected chi connectivity index (χ3v) is 1.67. The lowest BCUT2D eigenvalue weighted by atomic mass is 10.5. The van der Waals surface area contributed by atoms with Crippen LogP contribution in [-0.2, 0) is 0 Å². The number of aromatic nitrogens is 5. The maximum atomic E-state index is 5.12. The van der Waals surface area contributed by atoms with E-state index in [4.69, 9.17) is 9.47 Å². The van der Waals surface area contributed by atoms with Gasteiger partial charge in [0.1, 0.15) is 6.33 Å². The van der Waals surface area contributed by atoms with Gasteiger partial charge in [0.15, 0.2) is 5.52 Å². The minimum absolute atomic E-state index is 0.193. The molecule has 0 radical (unpaired) electrons. The van der Waals surface area contributed by atoms with Crippen LogP contribution in [0.3, 0.4) is 0 Å². The molecular weight excluding hydrogens is 198 g/mol. The van der Waals surface area contributed by atoms with Gasteiger partial charge in [0, 0.05) is 0 Å². The zero-order chi connectivity index (χ0) is 10.7. The van der Waals surface area contributed by atoms with Gasteiger partial charge < -0.3 is 9.47 Å². The molecule has 0 bridgehead atoms. The molecule has 0 fully saturated rings. The molecule has 0 aromatic carbocycles. The van der Waals surface area contributed by atoms with Crippen LogP contribution in [0.1, 0.15) is 6.92 Å². The summed E-state index contributed by atoms with van der Waals surface area (Å²) in [6.07, 6.45) is 1.35. The van der Waals surface area contributed by atoms with Gasteiger partial charge >= 0.3 is 6.01 Å². The van der Waals surface area contributed by atoms with Crippen molar-refractivity contribution in [2.24, 2.45) is 0 Å². The van der Waals surface area contributed by atoms with Crippen LogP contribution in [0.4, 0.5) is 0 Å². The molecule has 0 unspecified atom stereocenters. The molecule has 0 N–H and O–H groups in total. The first-order valence-corrected chi connectivity index (χ1v) is 4.37. The molecule has 2 aromatic heterocycles. The van der Waals surface area contributed by atoms with Crippen LogP contribution in [0, 0.1) is 0 Å². The van der Waals surface area contributed by atoms with E-state index in [1.165, 1.54) is 13.4 Å². The summed E-state index contributed by atoms with van der Waals surface area (Å²) in [5, 5.41) is 7.58. The number of fused-ring (bicyclic) bond motifs is 1. The van der Waals surface area contributed by atoms with Crippen molar-refractivity contribution in [2.45, 2.75) is 6.92 Å². The van der Waals surface area contributed by atoms with Crippen LogP contribution in [0.5, 0.6) is 11.9 Å². The fraction of sp³-hybridized carbons (Fsp3) is 0.375. The summed E-state index contributed by atoms with van der Waals surface area (Å²) in [5.41, 5.74) is 0.823. The summed E-state index contributed by atoms with van der Waals surface area (Å²) in [7, 11) is 1.50. The van der Waals surface area contributed by atoms with E-state index in [9.17, 15) is 0 Å². The summed E-state index contributed by atoms with van der Waals surface area (Å²) < 4.78 is 10.1. The first-order chi connectivity index (χ1) is 7.35. The van der Waals surface area contributed by atoms with E-state index in [1.54, 1.807) is 0 Å². The Bertz CT molecular complexity index is 476. The number of hydrogen-bond acceptors (Lipinski definition) is 7. The summed E-state index contributed by atoms with van der Waals surface area (Å²) in [5.74, 6) is 0.357. The third kappa shape index (κ3) is 1.76. The highest BCUT2D eigenvalue weighted by molar-refractivity contribution is 5.74. The zero-order valence-corrected chi connectivity index (χ0v) is 8.34. The first kappa shape index (κ1) is 9.50. The molecule has 2 aromatic rings. The summed E-state index contributed by atoms with van der Waals surface area (Å²) in [6.45, 7) is 2.31. The Morgan fingerprint density at radius 3 is 2.87 bits per heavy atom. The summed E-state index contributed by atoms with van der Waals surface area (Å²) in [4.78, 5) is 11.9. The van der Waals surface area contributed by atoms with E-state index in [-0.39, 0.29) is 6.01 Å². The van der Waals surface area contributed by atoms with E-state index >= 15 is 0 Å². The van der Waals surface area contributed by atoms with Crippen LogP contribution >= 0.6 is 0 Å². The van der Waals surface area contributed by atoms with Gasteiger partial charge in [-0.25, -0.2) is 4.98 Å². The highest BCUT2D eigenvalue weighted by Gasteiger charge is 2.09. The predicted molar refractivity (Wildman–Crippen MR) is 50.6 cm³/mol. The average molecular weight is 207 g/mol. The fourth-order valence-electron chi connectivity index (χ4n) is 1.07. The van der Waals surface area contributed by atoms with Crippen molar-refractivity contribution in [3.8, 4) is 11.9 Å². The van der Waals surface area contributed by atoms with Crippen molar-refractivity contribution in [3.05, 3.63) is 6.33 Å². The second-order valence-electron chi connectivity index (χ2n) is 2.58. The highest BCUT2D eigenvalue weighted by atomic mass is 16.5. The zero-order valence-electron chi connectivity index (χ0n) is 8.34. The Balaban J connectivity index is 2.57. The van der Waals surface area contributed by atoms with E-state index in [2.05, 4.69) is 25.1 Å². The number of nitrogens with zero attached hydrogens (tertiary/aromatic N) is 5. The Kier molecular flexibility index (Phi) is 2.53. The van der Waals surface area contributed by atoms with E-state index in [0.29, 0.717) is 23.7 Å². The van der Waals surface area contributed by atoms with Gasteiger partial charge in [-0.3, -0.25) is 0 Å². The fourth-order valence-corrected chi connectivity index (χ4v) is 1.07. The molecule has 0 saturated carbocycles. The molecule has 2 heterocycles. The van der Waals surface area contributed by atoms with E-state index in [1.807, 2.05) is 6.92 Å². The van der Waals surface area contributed by atoms with Crippen molar-refractivity contribution < 1.29 is 9.47 Å². The minimum atomic E-state index is 0.193. The second kappa shape index (κ2) is 3.99. The van der Waals surface area contributed by atoms with E-state index < -0.39 is 0 Å².